The van der Waals surface area contributed by atoms with E-state index in [0.29, 0.717) is 24.9 Å². The smallest absolute Gasteiger partial charge is 0.317 e. The number of ether oxygens (including phenoxy) is 1. The lowest BCUT2D eigenvalue weighted by atomic mass is 10.1. The van der Waals surface area contributed by atoms with E-state index >= 15 is 0 Å². The van der Waals surface area contributed by atoms with E-state index in [2.05, 4.69) is 5.32 Å². The van der Waals surface area contributed by atoms with Gasteiger partial charge in [-0.1, -0.05) is 31.7 Å². The third kappa shape index (κ3) is 5.20. The van der Waals surface area contributed by atoms with Gasteiger partial charge in [0.25, 0.3) is 0 Å². The number of nitrogens with zero attached hydrogens (tertiary/aromatic N) is 1. The average Bonchev–Trinajstić information content (AvgIpc) is 2.80. The van der Waals surface area contributed by atoms with E-state index in [1.54, 1.807) is 12.1 Å². The van der Waals surface area contributed by atoms with Crippen molar-refractivity contribution in [2.45, 2.75) is 44.6 Å². The molecular formula is C17H25FN2O2. The van der Waals surface area contributed by atoms with Crippen molar-refractivity contribution in [2.24, 2.45) is 0 Å². The van der Waals surface area contributed by atoms with E-state index in [-0.39, 0.29) is 11.8 Å². The van der Waals surface area contributed by atoms with Gasteiger partial charge in [-0.05, 0) is 25.0 Å². The Labute approximate surface area is 131 Å². The molecule has 0 aromatic heterocycles. The first-order valence-electron chi connectivity index (χ1n) is 8.06. The van der Waals surface area contributed by atoms with Crippen LogP contribution in [0, 0.1) is 5.82 Å². The topological polar surface area (TPSA) is 41.6 Å². The monoisotopic (exact) mass is 308 g/mol. The van der Waals surface area contributed by atoms with Crippen molar-refractivity contribution in [3.8, 4) is 5.75 Å². The highest BCUT2D eigenvalue weighted by Gasteiger charge is 2.20. The number of amides is 2. The van der Waals surface area contributed by atoms with Crippen molar-refractivity contribution in [3.05, 3.63) is 30.1 Å². The van der Waals surface area contributed by atoms with E-state index < -0.39 is 0 Å². The van der Waals surface area contributed by atoms with Crippen molar-refractivity contribution in [3.63, 3.8) is 0 Å². The van der Waals surface area contributed by atoms with Gasteiger partial charge in [0, 0.05) is 19.2 Å². The standard InChI is InChI=1S/C17H25FN2O2/c1-20(15-8-4-2-3-5-9-15)17(21)19-11-12-22-16-10-6-7-14(18)13-16/h6-7,10,13,15H,2-5,8-9,11-12H2,1H3,(H,19,21). The van der Waals surface area contributed by atoms with Gasteiger partial charge in [0.05, 0.1) is 6.54 Å². The summed E-state index contributed by atoms with van der Waals surface area (Å²) >= 11 is 0. The predicted molar refractivity (Wildman–Crippen MR) is 84.5 cm³/mol. The van der Waals surface area contributed by atoms with Gasteiger partial charge in [-0.15, -0.1) is 0 Å². The summed E-state index contributed by atoms with van der Waals surface area (Å²) in [5, 5.41) is 2.85. The number of carbonyl (C=O) groups excluding carboxylic acids is 1. The average molecular weight is 308 g/mol. The summed E-state index contributed by atoms with van der Waals surface area (Å²) in [4.78, 5) is 13.9. The van der Waals surface area contributed by atoms with Crippen LogP contribution in [0.25, 0.3) is 0 Å². The summed E-state index contributed by atoms with van der Waals surface area (Å²) in [6, 6.07) is 6.28. The fraction of sp³-hybridized carbons (Fsp3) is 0.588. The van der Waals surface area contributed by atoms with Crippen molar-refractivity contribution in [1.82, 2.24) is 10.2 Å². The summed E-state index contributed by atoms with van der Waals surface area (Å²) < 4.78 is 18.4. The maximum Gasteiger partial charge on any atom is 0.317 e. The van der Waals surface area contributed by atoms with E-state index in [9.17, 15) is 9.18 Å². The number of halogens is 1. The van der Waals surface area contributed by atoms with E-state index in [4.69, 9.17) is 4.74 Å². The van der Waals surface area contributed by atoms with Gasteiger partial charge in [0.1, 0.15) is 18.2 Å². The van der Waals surface area contributed by atoms with Gasteiger partial charge in [0.2, 0.25) is 0 Å². The first-order valence-corrected chi connectivity index (χ1v) is 8.06. The Hall–Kier alpha value is -1.78. The Morgan fingerprint density at radius 1 is 1.32 bits per heavy atom. The van der Waals surface area contributed by atoms with Crippen LogP contribution in [0.3, 0.4) is 0 Å². The molecule has 0 saturated heterocycles. The van der Waals surface area contributed by atoms with Gasteiger partial charge in [-0.3, -0.25) is 0 Å². The first-order chi connectivity index (χ1) is 10.7. The molecule has 1 aliphatic rings. The number of nitrogens with one attached hydrogen (secondary N) is 1. The van der Waals surface area contributed by atoms with Gasteiger partial charge in [0.15, 0.2) is 0 Å². The van der Waals surface area contributed by atoms with Crippen LogP contribution in [-0.2, 0) is 0 Å². The highest BCUT2D eigenvalue weighted by atomic mass is 19.1. The number of urea groups is 1. The van der Waals surface area contributed by atoms with Gasteiger partial charge < -0.3 is 15.0 Å². The second-order valence-electron chi connectivity index (χ2n) is 5.79. The molecule has 0 atom stereocenters. The molecule has 122 valence electrons. The minimum Gasteiger partial charge on any atom is -0.492 e. The molecule has 0 unspecified atom stereocenters. The zero-order chi connectivity index (χ0) is 15.8. The fourth-order valence-corrected chi connectivity index (χ4v) is 2.82. The zero-order valence-electron chi connectivity index (χ0n) is 13.2. The summed E-state index contributed by atoms with van der Waals surface area (Å²) in [7, 11) is 1.86. The van der Waals surface area contributed by atoms with Gasteiger partial charge in [-0.2, -0.15) is 0 Å². The van der Waals surface area contributed by atoms with Gasteiger partial charge >= 0.3 is 6.03 Å². The Morgan fingerprint density at radius 2 is 2.05 bits per heavy atom. The van der Waals surface area contributed by atoms with E-state index in [1.165, 1.54) is 37.8 Å². The largest absolute Gasteiger partial charge is 0.492 e. The number of hydrogen-bond donors (Lipinski definition) is 1. The van der Waals surface area contributed by atoms with Crippen molar-refractivity contribution in [2.75, 3.05) is 20.2 Å². The number of hydrogen-bond acceptors (Lipinski definition) is 2. The number of benzene rings is 1. The Balaban J connectivity index is 1.68. The minimum absolute atomic E-state index is 0.0604. The lowest BCUT2D eigenvalue weighted by molar-refractivity contribution is 0.181. The molecule has 0 radical (unpaired) electrons. The number of rotatable bonds is 5. The van der Waals surface area contributed by atoms with Crippen molar-refractivity contribution < 1.29 is 13.9 Å². The van der Waals surface area contributed by atoms with Crippen LogP contribution in [0.4, 0.5) is 9.18 Å². The SMILES string of the molecule is CN(C(=O)NCCOc1cccc(F)c1)C1CCCCCC1. The molecule has 1 aromatic rings. The highest BCUT2D eigenvalue weighted by Crippen LogP contribution is 2.20. The number of carbonyl (C=O) groups is 1. The molecule has 1 aliphatic carbocycles. The molecule has 2 amide bonds. The van der Waals surface area contributed by atoms with Crippen LogP contribution in [0.2, 0.25) is 0 Å². The van der Waals surface area contributed by atoms with Crippen LogP contribution in [-0.4, -0.2) is 37.2 Å². The Bertz CT molecular complexity index is 473. The molecular weight excluding hydrogens is 283 g/mol. The molecule has 1 saturated carbocycles. The summed E-state index contributed by atoms with van der Waals surface area (Å²) in [6.45, 7) is 0.736. The molecule has 1 aromatic carbocycles. The third-order valence-electron chi connectivity index (χ3n) is 4.14. The van der Waals surface area contributed by atoms with Crippen molar-refractivity contribution >= 4 is 6.03 Å². The van der Waals surface area contributed by atoms with Crippen LogP contribution in [0.5, 0.6) is 5.75 Å². The summed E-state index contributed by atoms with van der Waals surface area (Å²) in [5.41, 5.74) is 0. The van der Waals surface area contributed by atoms with E-state index in [1.807, 2.05) is 11.9 Å². The van der Waals surface area contributed by atoms with Crippen LogP contribution in [0.1, 0.15) is 38.5 Å². The van der Waals surface area contributed by atoms with E-state index in [0.717, 1.165) is 12.8 Å². The van der Waals surface area contributed by atoms with Crippen molar-refractivity contribution in [1.29, 1.82) is 0 Å². The third-order valence-corrected chi connectivity index (χ3v) is 4.14. The first kappa shape index (κ1) is 16.6. The molecule has 5 heteroatoms. The Kier molecular flexibility index (Phi) is 6.49. The summed E-state index contributed by atoms with van der Waals surface area (Å²) in [5.74, 6) is 0.154. The van der Waals surface area contributed by atoms with Crippen LogP contribution in [0.15, 0.2) is 24.3 Å². The van der Waals surface area contributed by atoms with Crippen LogP contribution < -0.4 is 10.1 Å². The van der Waals surface area contributed by atoms with Crippen LogP contribution >= 0.6 is 0 Å². The molecule has 1 N–H and O–H groups in total. The minimum atomic E-state index is -0.324. The fourth-order valence-electron chi connectivity index (χ4n) is 2.82. The zero-order valence-corrected chi connectivity index (χ0v) is 13.2. The predicted octanol–water partition coefficient (Wildman–Crippen LogP) is 3.57. The molecule has 0 aliphatic heterocycles. The molecule has 0 heterocycles. The second-order valence-corrected chi connectivity index (χ2v) is 5.79. The lowest BCUT2D eigenvalue weighted by Gasteiger charge is -2.27. The van der Waals surface area contributed by atoms with Gasteiger partial charge in [-0.25, -0.2) is 9.18 Å². The summed E-state index contributed by atoms with van der Waals surface area (Å²) in [6.07, 6.45) is 7.12. The second kappa shape index (κ2) is 8.61. The lowest BCUT2D eigenvalue weighted by Crippen LogP contribution is -2.44. The quantitative estimate of drug-likeness (QED) is 0.667. The maximum atomic E-state index is 13.0. The molecule has 22 heavy (non-hydrogen) atoms. The molecule has 0 bridgehead atoms. The molecule has 0 spiro atoms. The Morgan fingerprint density at radius 3 is 2.73 bits per heavy atom. The molecule has 2 rings (SSSR count). The highest BCUT2D eigenvalue weighted by molar-refractivity contribution is 5.74. The maximum absolute atomic E-state index is 13.0. The molecule has 1 fully saturated rings. The normalized spacial score (nSPS) is 15.9. The molecule has 4 nitrogen and oxygen atoms in total.